The highest BCUT2D eigenvalue weighted by atomic mass is 35.5. The van der Waals surface area contributed by atoms with Crippen molar-refractivity contribution in [1.82, 2.24) is 34.2 Å². The number of hydrogen-bond donors (Lipinski definition) is 9. The standard InChI is InChI=1S/C24H31N5O3.C22H27N3O4.2C2HF3O2.ClH/c1-5-18-21(25)20(24(31)32)23(30)26-22(18)14-6-7-19-15(10-14)11-17(28(19)4)13-29-9-8-16(12-29)27(2)3;1-4-6-9-23-12-15-11-14-10-13(7-8-17(14)25(15)3)19-16(5-2)20(26)18(22(28)29)21(27)24-19;2*3-2(4,5)1(6)7;/h6-7,10-11,16H,5,8-9,12-13H2,1-4H3,(H,31,32)(H3,25,26,30);7-8,10-11,23H,4-6,9,12H2,1-3H3,(H,28,29)(H2,24,26,27);2*(H,6,7);1H. The van der Waals surface area contributed by atoms with Crippen molar-refractivity contribution in [3.8, 4) is 28.3 Å². The number of carbonyl (C=O) groups is 4. The number of unbranched alkanes of at least 4 members (excludes halogenated alkanes) is 1. The van der Waals surface area contributed by atoms with E-state index in [-0.39, 0.29) is 18.1 Å². The molecule has 1 aliphatic rings. The first-order chi connectivity index (χ1) is 35.0. The first kappa shape index (κ1) is 62.9. The molecule has 1 unspecified atom stereocenters. The third-order valence-electron chi connectivity index (χ3n) is 12.5. The molecule has 19 nitrogen and oxygen atoms in total. The van der Waals surface area contributed by atoms with E-state index >= 15 is 0 Å². The van der Waals surface area contributed by atoms with E-state index in [1.807, 2.05) is 57.3 Å². The Balaban J connectivity index is 0.000000318. The highest BCUT2D eigenvalue weighted by Crippen LogP contribution is 2.34. The van der Waals surface area contributed by atoms with Gasteiger partial charge in [0.05, 0.1) is 17.1 Å². The van der Waals surface area contributed by atoms with Gasteiger partial charge in [-0.15, -0.1) is 12.4 Å². The van der Waals surface area contributed by atoms with Gasteiger partial charge >= 0.3 is 36.2 Å². The number of alkyl halides is 6. The lowest BCUT2D eigenvalue weighted by molar-refractivity contribution is -0.193. The number of aromatic nitrogens is 4. The highest BCUT2D eigenvalue weighted by Gasteiger charge is 2.39. The number of aromatic carboxylic acids is 2. The monoisotopic (exact) mass is 1100 g/mol. The minimum atomic E-state index is -5.08. The minimum Gasteiger partial charge on any atom is -0.506 e. The SMILES string of the molecule is CCCCNCc1cc2cc(-c3[nH]c(=O)c(C(=O)O)c(O)c3CC)ccc2n1C.CCc1c(-c2ccc3c(c2)cc(CN2CCC(N(C)C)C2)n3C)[nH]c(=O)c(C(=O)O)c1N.Cl.O=C(O)C(F)(F)F.O=C(O)C(F)(F)F. The predicted octanol–water partition coefficient (Wildman–Crippen LogP) is 7.59. The fraction of sp³-hybridized carbons (Fsp3) is 0.400. The van der Waals surface area contributed by atoms with Crippen molar-refractivity contribution in [1.29, 1.82) is 0 Å². The van der Waals surface area contributed by atoms with E-state index in [0.29, 0.717) is 41.4 Å². The number of aromatic amines is 2. The van der Waals surface area contributed by atoms with Gasteiger partial charge in [-0.05, 0) is 93.8 Å². The van der Waals surface area contributed by atoms with Gasteiger partial charge in [-0.2, -0.15) is 26.3 Å². The Morgan fingerprint density at radius 2 is 1.18 bits per heavy atom. The molecule has 0 bridgehead atoms. The molecule has 2 aromatic carbocycles. The Hall–Kier alpha value is -7.35. The number of hydrogen-bond acceptors (Lipinski definition) is 11. The Morgan fingerprint density at radius 1 is 0.737 bits per heavy atom. The summed E-state index contributed by atoms with van der Waals surface area (Å²) in [5.41, 5.74) is 11.8. The maximum Gasteiger partial charge on any atom is 0.490 e. The number of fused-ring (bicyclic) bond motifs is 2. The lowest BCUT2D eigenvalue weighted by Crippen LogP contribution is -2.31. The number of likely N-dealkylation sites (tertiary alicyclic amines) is 1. The Kier molecular flexibility index (Phi) is 21.9. The van der Waals surface area contributed by atoms with Gasteiger partial charge in [0.15, 0.2) is 5.56 Å². The second kappa shape index (κ2) is 26.4. The van der Waals surface area contributed by atoms with Gasteiger partial charge in [0.25, 0.3) is 11.1 Å². The summed E-state index contributed by atoms with van der Waals surface area (Å²) >= 11 is 0. The number of nitrogen functional groups attached to an aromatic ring is 1. The number of carboxylic acids is 4. The lowest BCUT2D eigenvalue weighted by atomic mass is 9.99. The summed E-state index contributed by atoms with van der Waals surface area (Å²) in [5, 5.41) is 48.7. The fourth-order valence-corrected chi connectivity index (χ4v) is 8.47. The Morgan fingerprint density at radius 3 is 1.61 bits per heavy atom. The van der Waals surface area contributed by atoms with E-state index in [1.165, 1.54) is 12.1 Å². The van der Waals surface area contributed by atoms with Gasteiger partial charge in [0.2, 0.25) is 0 Å². The number of benzene rings is 2. The van der Waals surface area contributed by atoms with E-state index < -0.39 is 64.2 Å². The number of halogens is 7. The topological polar surface area (TPSA) is 290 Å². The van der Waals surface area contributed by atoms with Crippen LogP contribution >= 0.6 is 12.4 Å². The fourth-order valence-electron chi connectivity index (χ4n) is 8.47. The molecule has 0 amide bonds. The number of nitrogens with zero attached hydrogens (tertiary/aromatic N) is 4. The van der Waals surface area contributed by atoms with Crippen LogP contribution in [0.15, 0.2) is 58.1 Å². The first-order valence-corrected chi connectivity index (χ1v) is 23.3. The summed E-state index contributed by atoms with van der Waals surface area (Å²) < 4.78 is 67.8. The summed E-state index contributed by atoms with van der Waals surface area (Å²) in [6.45, 7) is 10.7. The zero-order chi connectivity index (χ0) is 56.4. The van der Waals surface area contributed by atoms with E-state index in [0.717, 1.165) is 84.2 Å². The van der Waals surface area contributed by atoms with Crippen LogP contribution in [0.4, 0.5) is 32.0 Å². The lowest BCUT2D eigenvalue weighted by Gasteiger charge is -2.20. The maximum atomic E-state index is 12.4. The number of aromatic hydroxyl groups is 1. The second-order valence-electron chi connectivity index (χ2n) is 17.7. The number of carboxylic acid groups (broad SMARTS) is 4. The summed E-state index contributed by atoms with van der Waals surface area (Å²) in [6, 6.07) is 16.7. The molecule has 416 valence electrons. The second-order valence-corrected chi connectivity index (χ2v) is 17.7. The van der Waals surface area contributed by atoms with Gasteiger partial charge in [0.1, 0.15) is 11.3 Å². The van der Waals surface area contributed by atoms with E-state index in [9.17, 15) is 60.8 Å². The molecular formula is C50H61ClF6N8O11. The zero-order valence-electron chi connectivity index (χ0n) is 42.5. The van der Waals surface area contributed by atoms with Crippen LogP contribution in [-0.2, 0) is 49.6 Å². The molecule has 6 aromatic rings. The normalized spacial score (nSPS) is 13.5. The smallest absolute Gasteiger partial charge is 0.490 e. The highest BCUT2D eigenvalue weighted by molar-refractivity contribution is 5.96. The van der Waals surface area contributed by atoms with Crippen molar-refractivity contribution in [2.45, 2.75) is 84.4 Å². The van der Waals surface area contributed by atoms with Gasteiger partial charge in [-0.25, -0.2) is 19.2 Å². The average Bonchev–Trinajstić information content (AvgIpc) is 4.01. The number of aliphatic carboxylic acids is 2. The van der Waals surface area contributed by atoms with Crippen LogP contribution in [0.5, 0.6) is 5.75 Å². The van der Waals surface area contributed by atoms with Crippen LogP contribution in [0.2, 0.25) is 0 Å². The molecular weight excluding hydrogens is 1040 g/mol. The van der Waals surface area contributed by atoms with Crippen LogP contribution < -0.4 is 22.2 Å². The number of aryl methyl sites for hydroxylation is 2. The molecule has 5 heterocycles. The third-order valence-corrected chi connectivity index (χ3v) is 12.5. The molecule has 1 aliphatic heterocycles. The number of likely N-dealkylation sites (N-methyl/N-ethyl adjacent to an activating group) is 1. The molecule has 1 saturated heterocycles. The van der Waals surface area contributed by atoms with Gasteiger partial charge in [-0.1, -0.05) is 39.3 Å². The minimum absolute atomic E-state index is 0. The Bertz CT molecular complexity index is 3160. The number of rotatable bonds is 14. The number of pyridine rings is 2. The third kappa shape index (κ3) is 15.2. The largest absolute Gasteiger partial charge is 0.506 e. The first-order valence-electron chi connectivity index (χ1n) is 23.3. The molecule has 1 fully saturated rings. The predicted molar refractivity (Wildman–Crippen MR) is 275 cm³/mol. The molecule has 7 rings (SSSR count). The van der Waals surface area contributed by atoms with Crippen LogP contribution in [0.25, 0.3) is 44.3 Å². The molecule has 10 N–H and O–H groups in total. The van der Waals surface area contributed by atoms with E-state index in [2.05, 4.69) is 74.4 Å². The van der Waals surface area contributed by atoms with E-state index in [1.54, 1.807) is 0 Å². The van der Waals surface area contributed by atoms with Gasteiger partial charge < -0.3 is 60.6 Å². The van der Waals surface area contributed by atoms with Crippen molar-refractivity contribution in [3.63, 3.8) is 0 Å². The number of nitrogens with two attached hydrogens (primary N) is 1. The van der Waals surface area contributed by atoms with Crippen LogP contribution in [0.1, 0.15) is 83.3 Å². The number of anilines is 1. The molecule has 76 heavy (non-hydrogen) atoms. The molecule has 0 radical (unpaired) electrons. The molecule has 26 heteroatoms. The summed E-state index contributed by atoms with van der Waals surface area (Å²) in [5.74, 6) is -8.73. The Labute approximate surface area is 437 Å². The van der Waals surface area contributed by atoms with Crippen LogP contribution in [0, 0.1) is 0 Å². The average molecular weight is 1100 g/mol. The molecule has 0 aliphatic carbocycles. The van der Waals surface area contributed by atoms with Crippen molar-refractivity contribution in [2.75, 3.05) is 39.5 Å². The van der Waals surface area contributed by atoms with Crippen LogP contribution in [0.3, 0.4) is 0 Å². The maximum absolute atomic E-state index is 12.4. The zero-order valence-corrected chi connectivity index (χ0v) is 43.3. The summed E-state index contributed by atoms with van der Waals surface area (Å²) in [7, 11) is 8.37. The molecule has 0 spiro atoms. The van der Waals surface area contributed by atoms with Crippen molar-refractivity contribution in [2.24, 2.45) is 14.1 Å². The van der Waals surface area contributed by atoms with Crippen molar-refractivity contribution in [3.05, 3.63) is 103 Å². The van der Waals surface area contributed by atoms with Crippen molar-refractivity contribution < 1.29 is 71.1 Å². The summed E-state index contributed by atoms with van der Waals surface area (Å²) in [6.07, 6.45) is -5.80. The molecule has 0 saturated carbocycles. The molecule has 4 aromatic heterocycles. The molecule has 1 atom stereocenters. The van der Waals surface area contributed by atoms with Crippen molar-refractivity contribution >= 4 is 63.8 Å². The summed E-state index contributed by atoms with van der Waals surface area (Å²) in [4.78, 5) is 75.4. The van der Waals surface area contributed by atoms with Gasteiger partial charge in [-0.3, -0.25) is 14.5 Å². The van der Waals surface area contributed by atoms with Gasteiger partial charge in [0, 0.05) is 90.6 Å². The van der Waals surface area contributed by atoms with Crippen LogP contribution in [-0.4, -0.2) is 130 Å². The number of H-pyrrole nitrogens is 2. The van der Waals surface area contributed by atoms with E-state index in [4.69, 9.17) is 25.5 Å². The number of nitrogens with one attached hydrogen (secondary N) is 3. The quantitative estimate of drug-likeness (QED) is 0.0375.